The lowest BCUT2D eigenvalue weighted by molar-refractivity contribution is -0.128. The molecule has 1 aliphatic rings. The summed E-state index contributed by atoms with van der Waals surface area (Å²) in [7, 11) is 0. The summed E-state index contributed by atoms with van der Waals surface area (Å²) in [4.78, 5) is 17.0. The molecular formula is C23H27N5O2S. The Bertz CT molecular complexity index is 1070. The summed E-state index contributed by atoms with van der Waals surface area (Å²) in [5, 5.41) is 18.8. The first kappa shape index (κ1) is 21.2. The minimum absolute atomic E-state index is 0.114. The molecule has 1 saturated heterocycles. The van der Waals surface area contributed by atoms with E-state index in [0.717, 1.165) is 41.0 Å². The number of aromatic hydroxyl groups is 1. The van der Waals surface area contributed by atoms with Gasteiger partial charge in [-0.25, -0.2) is 0 Å². The van der Waals surface area contributed by atoms with Crippen molar-refractivity contribution in [3.05, 3.63) is 59.4 Å². The van der Waals surface area contributed by atoms with Crippen LogP contribution >= 0.6 is 11.8 Å². The van der Waals surface area contributed by atoms with Gasteiger partial charge in [-0.2, -0.15) is 0 Å². The number of carbonyl (C=O) groups excluding carboxylic acids is 1. The van der Waals surface area contributed by atoms with E-state index in [9.17, 15) is 9.90 Å². The highest BCUT2D eigenvalue weighted by Gasteiger charge is 2.22. The molecule has 0 aliphatic carbocycles. The minimum atomic E-state index is 0.114. The van der Waals surface area contributed by atoms with Crippen LogP contribution in [0.15, 0.2) is 47.6 Å². The fourth-order valence-corrected chi connectivity index (χ4v) is 4.66. The Morgan fingerprint density at radius 2 is 1.71 bits per heavy atom. The molecule has 1 aromatic heterocycles. The van der Waals surface area contributed by atoms with Gasteiger partial charge in [0.05, 0.1) is 11.4 Å². The predicted octanol–water partition coefficient (Wildman–Crippen LogP) is 3.34. The fourth-order valence-electron chi connectivity index (χ4n) is 3.77. The zero-order valence-corrected chi connectivity index (χ0v) is 18.9. The number of aryl methyl sites for hydroxylation is 3. The van der Waals surface area contributed by atoms with E-state index in [1.54, 1.807) is 12.1 Å². The Morgan fingerprint density at radius 3 is 2.42 bits per heavy atom. The van der Waals surface area contributed by atoms with Gasteiger partial charge in [0.25, 0.3) is 0 Å². The maximum Gasteiger partial charge on any atom is 0.233 e. The molecule has 1 fully saturated rings. The van der Waals surface area contributed by atoms with Crippen LogP contribution in [0.3, 0.4) is 0 Å². The lowest BCUT2D eigenvalue weighted by Gasteiger charge is -2.36. The number of anilines is 1. The number of thioether (sulfide) groups is 1. The van der Waals surface area contributed by atoms with Crippen molar-refractivity contribution in [2.75, 3.05) is 36.8 Å². The molecule has 162 valence electrons. The SMILES string of the molecule is Cc1ccc(C)c(-n2c(C)nnc2SCC(=O)N2CCN(c3ccc(O)cc3)CC2)c1. The molecule has 0 radical (unpaired) electrons. The Morgan fingerprint density at radius 1 is 1.00 bits per heavy atom. The Labute approximate surface area is 186 Å². The van der Waals surface area contributed by atoms with Crippen LogP contribution in [0.2, 0.25) is 0 Å². The van der Waals surface area contributed by atoms with E-state index >= 15 is 0 Å². The second-order valence-corrected chi connectivity index (χ2v) is 8.77. The number of piperazine rings is 1. The van der Waals surface area contributed by atoms with E-state index < -0.39 is 0 Å². The number of phenols is 1. The maximum atomic E-state index is 12.8. The average Bonchev–Trinajstić information content (AvgIpc) is 3.14. The fraction of sp³-hybridized carbons (Fsp3) is 0.348. The molecule has 31 heavy (non-hydrogen) atoms. The van der Waals surface area contributed by atoms with Gasteiger partial charge >= 0.3 is 0 Å². The van der Waals surface area contributed by atoms with Gasteiger partial charge in [-0.1, -0.05) is 23.9 Å². The first-order chi connectivity index (χ1) is 14.9. The van der Waals surface area contributed by atoms with Crippen molar-refractivity contribution in [2.24, 2.45) is 0 Å². The van der Waals surface area contributed by atoms with Crippen LogP contribution in [0.25, 0.3) is 5.69 Å². The number of nitrogens with zero attached hydrogens (tertiary/aromatic N) is 5. The second-order valence-electron chi connectivity index (χ2n) is 7.83. The molecule has 0 spiro atoms. The van der Waals surface area contributed by atoms with Crippen molar-refractivity contribution < 1.29 is 9.90 Å². The normalized spacial score (nSPS) is 14.2. The van der Waals surface area contributed by atoms with Crippen LogP contribution < -0.4 is 4.90 Å². The smallest absolute Gasteiger partial charge is 0.233 e. The lowest BCUT2D eigenvalue weighted by atomic mass is 10.1. The monoisotopic (exact) mass is 437 g/mol. The van der Waals surface area contributed by atoms with Gasteiger partial charge in [-0.3, -0.25) is 9.36 Å². The number of phenolic OH excluding ortho intramolecular Hbond substituents is 1. The lowest BCUT2D eigenvalue weighted by Crippen LogP contribution is -2.49. The van der Waals surface area contributed by atoms with Crippen molar-refractivity contribution in [2.45, 2.75) is 25.9 Å². The standard InChI is InChI=1S/C23H27N5O2S/c1-16-4-5-17(2)21(14-16)28-18(3)24-25-23(28)31-15-22(30)27-12-10-26(11-13-27)19-6-8-20(29)9-7-19/h4-9,14,29H,10-13,15H2,1-3H3. The molecular weight excluding hydrogens is 410 g/mol. The van der Waals surface area contributed by atoms with E-state index in [2.05, 4.69) is 47.1 Å². The van der Waals surface area contributed by atoms with Gasteiger partial charge in [-0.15, -0.1) is 10.2 Å². The highest BCUT2D eigenvalue weighted by atomic mass is 32.2. The summed E-state index contributed by atoms with van der Waals surface area (Å²) in [6, 6.07) is 13.5. The van der Waals surface area contributed by atoms with Gasteiger partial charge in [0, 0.05) is 31.9 Å². The summed E-state index contributed by atoms with van der Waals surface area (Å²) in [6.07, 6.45) is 0. The highest BCUT2D eigenvalue weighted by Crippen LogP contribution is 2.26. The van der Waals surface area contributed by atoms with Crippen molar-refractivity contribution in [1.29, 1.82) is 0 Å². The Balaban J connectivity index is 1.38. The van der Waals surface area contributed by atoms with E-state index in [4.69, 9.17) is 0 Å². The van der Waals surface area contributed by atoms with E-state index in [1.807, 2.05) is 28.5 Å². The minimum Gasteiger partial charge on any atom is -0.508 e. The zero-order valence-electron chi connectivity index (χ0n) is 18.1. The van der Waals surface area contributed by atoms with Crippen molar-refractivity contribution in [3.63, 3.8) is 0 Å². The van der Waals surface area contributed by atoms with Crippen LogP contribution in [0, 0.1) is 20.8 Å². The molecule has 1 aliphatic heterocycles. The maximum absolute atomic E-state index is 12.8. The van der Waals surface area contributed by atoms with Crippen molar-refractivity contribution >= 4 is 23.4 Å². The zero-order chi connectivity index (χ0) is 22.0. The van der Waals surface area contributed by atoms with Crippen LogP contribution in [-0.2, 0) is 4.79 Å². The molecule has 8 heteroatoms. The number of rotatable bonds is 5. The highest BCUT2D eigenvalue weighted by molar-refractivity contribution is 7.99. The molecule has 0 bridgehead atoms. The topological polar surface area (TPSA) is 74.5 Å². The Hall–Kier alpha value is -3.00. The molecule has 2 heterocycles. The molecule has 7 nitrogen and oxygen atoms in total. The predicted molar refractivity (Wildman–Crippen MR) is 123 cm³/mol. The average molecular weight is 438 g/mol. The number of benzene rings is 2. The van der Waals surface area contributed by atoms with E-state index in [1.165, 1.54) is 17.3 Å². The van der Waals surface area contributed by atoms with Crippen LogP contribution in [-0.4, -0.2) is 62.6 Å². The Kier molecular flexibility index (Phi) is 6.18. The third-order valence-electron chi connectivity index (χ3n) is 5.57. The second kappa shape index (κ2) is 9.01. The number of hydrogen-bond acceptors (Lipinski definition) is 6. The molecule has 1 amide bonds. The largest absolute Gasteiger partial charge is 0.508 e. The van der Waals surface area contributed by atoms with E-state index in [0.29, 0.717) is 18.8 Å². The quantitative estimate of drug-likeness (QED) is 0.617. The first-order valence-corrected chi connectivity index (χ1v) is 11.3. The molecule has 1 N–H and O–H groups in total. The molecule has 4 rings (SSSR count). The van der Waals surface area contributed by atoms with Gasteiger partial charge < -0.3 is 14.9 Å². The number of carbonyl (C=O) groups is 1. The molecule has 0 saturated carbocycles. The van der Waals surface area contributed by atoms with Gasteiger partial charge in [0.15, 0.2) is 5.16 Å². The third kappa shape index (κ3) is 4.69. The van der Waals surface area contributed by atoms with Crippen molar-refractivity contribution in [3.8, 4) is 11.4 Å². The summed E-state index contributed by atoms with van der Waals surface area (Å²) < 4.78 is 2.03. The van der Waals surface area contributed by atoms with Crippen LogP contribution in [0.1, 0.15) is 17.0 Å². The van der Waals surface area contributed by atoms with Gasteiger partial charge in [0.1, 0.15) is 11.6 Å². The molecule has 2 aromatic carbocycles. The molecule has 0 unspecified atom stereocenters. The van der Waals surface area contributed by atoms with Gasteiger partial charge in [-0.05, 0) is 62.2 Å². The summed E-state index contributed by atoms with van der Waals surface area (Å²) in [5.41, 5.74) is 4.44. The summed E-state index contributed by atoms with van der Waals surface area (Å²) in [5.74, 6) is 1.52. The van der Waals surface area contributed by atoms with Gasteiger partial charge in [0.2, 0.25) is 5.91 Å². The number of aromatic nitrogens is 3. The molecule has 3 aromatic rings. The molecule has 0 atom stereocenters. The first-order valence-electron chi connectivity index (χ1n) is 10.4. The summed E-state index contributed by atoms with van der Waals surface area (Å²) in [6.45, 7) is 8.99. The van der Waals surface area contributed by atoms with Crippen molar-refractivity contribution in [1.82, 2.24) is 19.7 Å². The summed E-state index contributed by atoms with van der Waals surface area (Å²) >= 11 is 1.43. The number of amides is 1. The third-order valence-corrected chi connectivity index (χ3v) is 6.49. The van der Waals surface area contributed by atoms with Crippen LogP contribution in [0.4, 0.5) is 5.69 Å². The van der Waals surface area contributed by atoms with Crippen LogP contribution in [0.5, 0.6) is 5.75 Å². The van der Waals surface area contributed by atoms with E-state index in [-0.39, 0.29) is 11.7 Å². The number of hydrogen-bond donors (Lipinski definition) is 1.